The highest BCUT2D eigenvalue weighted by atomic mass is 32.7. The number of nitrogen functional groups attached to an aromatic ring is 2. The molecule has 2 bridgehead atoms. The van der Waals surface area contributed by atoms with Crippen LogP contribution in [0.25, 0.3) is 22.3 Å². The molecule has 7 rings (SSSR count). The molecule has 0 spiro atoms. The standard InChI is InChI=1S/C20H23FN10O11P2S.2C6H15N/c21-8-12-7(40-18(8)30-4-26-9-14(22)24-3-25-15(9)30)2-45-44(36,37)42-13-11(32)6(1-38-43(34,35)41-12)39-19(13)31-5-27-10-16(31)28-20(23)29-17(10)33;2*1-4-7(5-2)6-3/h3-8,11-13,18-19,32H,1-2H2,(H,34,35)(H,36,37)(H2,22,24,25)(H3,23,28,29,33);2*4-6H2,1-3H3/t6-,7-,8-,11-,12-,13-,18-,19-;;/m1../s1. The largest absolute Gasteiger partial charge is 0.472 e. The average molecular weight is 895 g/mol. The molecule has 0 amide bonds. The van der Waals surface area contributed by atoms with Crippen molar-refractivity contribution >= 4 is 60.1 Å². The molecule has 2 unspecified atom stereocenters. The Hall–Kier alpha value is -3.16. The van der Waals surface area contributed by atoms with Gasteiger partial charge in [-0.05, 0) is 50.7 Å². The number of fused-ring (bicyclic) bond motifs is 5. The summed E-state index contributed by atoms with van der Waals surface area (Å²) < 4.78 is 72.0. The van der Waals surface area contributed by atoms with Crippen molar-refractivity contribution in [3.05, 3.63) is 29.3 Å². The molecule has 0 aliphatic carbocycles. The lowest BCUT2D eigenvalue weighted by molar-refractivity contribution is -0.0528. The Morgan fingerprint density at radius 2 is 1.42 bits per heavy atom. The first-order chi connectivity index (χ1) is 28.0. The van der Waals surface area contributed by atoms with Gasteiger partial charge in [0.15, 0.2) is 41.3 Å². The molecule has 8 N–H and O–H groups in total. The van der Waals surface area contributed by atoms with Gasteiger partial charge in [0.05, 0.1) is 25.4 Å². The maximum atomic E-state index is 15.9. The Morgan fingerprint density at radius 1 is 0.847 bits per heavy atom. The predicted molar refractivity (Wildman–Crippen MR) is 216 cm³/mol. The number of aromatic amines is 1. The van der Waals surface area contributed by atoms with Crippen LogP contribution in [0, 0.1) is 0 Å². The van der Waals surface area contributed by atoms with E-state index in [0.29, 0.717) is 0 Å². The predicted octanol–water partition coefficient (Wildman–Crippen LogP) is 2.05. The van der Waals surface area contributed by atoms with Gasteiger partial charge in [0, 0.05) is 5.75 Å². The van der Waals surface area contributed by atoms with E-state index in [1.807, 2.05) is 0 Å². The number of halogens is 1. The minimum Gasteiger partial charge on any atom is -0.387 e. The van der Waals surface area contributed by atoms with Gasteiger partial charge >= 0.3 is 14.6 Å². The molecule has 0 aromatic carbocycles. The molecule has 27 heteroatoms. The van der Waals surface area contributed by atoms with Gasteiger partial charge in [-0.2, -0.15) is 4.98 Å². The second-order valence-corrected chi connectivity index (χ2v) is 18.6. The Kier molecular flexibility index (Phi) is 16.0. The van der Waals surface area contributed by atoms with Gasteiger partial charge in [0.2, 0.25) is 5.95 Å². The third kappa shape index (κ3) is 10.8. The highest BCUT2D eigenvalue weighted by molar-refractivity contribution is 8.54. The number of nitrogens with zero attached hydrogens (tertiary/aromatic N) is 9. The molecule has 23 nitrogen and oxygen atoms in total. The number of anilines is 2. The minimum atomic E-state index is -5.10. The van der Waals surface area contributed by atoms with E-state index in [1.165, 1.54) is 50.2 Å². The number of H-pyrrole nitrogens is 1. The fourth-order valence-electron chi connectivity index (χ4n) is 6.60. The molecule has 59 heavy (non-hydrogen) atoms. The van der Waals surface area contributed by atoms with Crippen molar-refractivity contribution in [2.24, 2.45) is 0 Å². The lowest BCUT2D eigenvalue weighted by Crippen LogP contribution is -2.35. The smallest absolute Gasteiger partial charge is 0.387 e. The maximum absolute atomic E-state index is 15.9. The van der Waals surface area contributed by atoms with Crippen molar-refractivity contribution in [2.45, 2.75) is 90.7 Å². The summed E-state index contributed by atoms with van der Waals surface area (Å²) in [6, 6.07) is 0. The second kappa shape index (κ2) is 20.1. The third-order valence-corrected chi connectivity index (χ3v) is 13.9. The minimum absolute atomic E-state index is 0.0141. The summed E-state index contributed by atoms with van der Waals surface area (Å²) >= 11 is 0.284. The molecule has 7 heterocycles. The van der Waals surface area contributed by atoms with Gasteiger partial charge in [-0.15, -0.1) is 0 Å². The van der Waals surface area contributed by atoms with E-state index in [4.69, 9.17) is 34.5 Å². The Bertz CT molecular complexity index is 2140. The molecule has 3 aliphatic rings. The number of rotatable bonds is 8. The van der Waals surface area contributed by atoms with E-state index in [0.717, 1.165) is 17.2 Å². The van der Waals surface area contributed by atoms with Gasteiger partial charge in [0.1, 0.15) is 36.3 Å². The van der Waals surface area contributed by atoms with Crippen LogP contribution in [0.15, 0.2) is 23.8 Å². The van der Waals surface area contributed by atoms with E-state index in [1.54, 1.807) is 0 Å². The van der Waals surface area contributed by atoms with Gasteiger partial charge in [-0.3, -0.25) is 32.5 Å². The summed E-state index contributed by atoms with van der Waals surface area (Å²) in [6.07, 6.45) is -9.72. The number of nitrogens with one attached hydrogen (secondary N) is 1. The second-order valence-electron chi connectivity index (χ2n) is 13.3. The molecule has 0 radical (unpaired) electrons. The van der Waals surface area contributed by atoms with Gasteiger partial charge in [0.25, 0.3) is 5.56 Å². The summed E-state index contributed by atoms with van der Waals surface area (Å²) in [5, 5.41) is 11.0. The lowest BCUT2D eigenvalue weighted by Gasteiger charge is -2.25. The first kappa shape index (κ1) is 46.9. The highest BCUT2D eigenvalue weighted by Gasteiger charge is 2.54. The van der Waals surface area contributed by atoms with Crippen LogP contribution in [0.2, 0.25) is 0 Å². The number of ether oxygens (including phenoxy) is 2. The van der Waals surface area contributed by atoms with Crippen molar-refractivity contribution in [1.82, 2.24) is 48.8 Å². The molecular formula is C32H53FN12O11P2S. The topological polar surface area (TPSA) is 307 Å². The van der Waals surface area contributed by atoms with Crippen molar-refractivity contribution in [2.75, 3.05) is 63.1 Å². The van der Waals surface area contributed by atoms with Crippen LogP contribution in [0.3, 0.4) is 0 Å². The number of aliphatic hydroxyl groups excluding tert-OH is 1. The zero-order valence-electron chi connectivity index (χ0n) is 33.5. The molecule has 4 aromatic rings. The van der Waals surface area contributed by atoms with Crippen LogP contribution in [-0.2, 0) is 32.2 Å². The number of phosphoric ester groups is 1. The third-order valence-electron chi connectivity index (χ3n) is 9.96. The molecule has 0 saturated carbocycles. The van der Waals surface area contributed by atoms with Crippen LogP contribution in [-0.4, -0.2) is 152 Å². The Labute approximate surface area is 342 Å². The summed E-state index contributed by atoms with van der Waals surface area (Å²) in [6.45, 7) is 14.7. The van der Waals surface area contributed by atoms with E-state index in [2.05, 4.69) is 81.2 Å². The van der Waals surface area contributed by atoms with Gasteiger partial charge in [-0.1, -0.05) is 41.5 Å². The number of aliphatic hydroxyl groups is 1. The maximum Gasteiger partial charge on any atom is 0.472 e. The van der Waals surface area contributed by atoms with E-state index in [9.17, 15) is 28.8 Å². The van der Waals surface area contributed by atoms with Crippen LogP contribution >= 0.6 is 26.0 Å². The zero-order chi connectivity index (χ0) is 43.2. The SMILES string of the molecule is CCN(CC)CC.CCN(CC)CC.Nc1nc2c(ncn2[C@@H]2O[C@@H]3COP(=O)(O)O[C@H]4[C@@H](F)[C@H](n5cnc6c(N)ncnc65)O[C@@H]4CSP(=O)(O)O[C@@H]2[C@@H]3O)c(=O)[nH]1. The molecule has 330 valence electrons. The normalized spacial score (nSPS) is 31.2. The fourth-order valence-corrected chi connectivity index (χ4v) is 10.2. The van der Waals surface area contributed by atoms with Crippen molar-refractivity contribution in [3.63, 3.8) is 0 Å². The molecular weight excluding hydrogens is 841 g/mol. The number of imidazole rings is 2. The summed E-state index contributed by atoms with van der Waals surface area (Å²) in [5.41, 5.74) is 10.8. The number of alkyl halides is 1. The summed E-state index contributed by atoms with van der Waals surface area (Å²) in [5.74, 6) is -0.761. The van der Waals surface area contributed by atoms with Crippen LogP contribution < -0.4 is 17.0 Å². The van der Waals surface area contributed by atoms with Gasteiger partial charge in [-0.25, -0.2) is 33.5 Å². The molecule has 3 saturated heterocycles. The first-order valence-corrected chi connectivity index (χ1v) is 23.7. The van der Waals surface area contributed by atoms with Crippen LogP contribution in [0.4, 0.5) is 16.2 Å². The monoisotopic (exact) mass is 894 g/mol. The Balaban J connectivity index is 0.000000407. The quantitative estimate of drug-likeness (QED) is 0.138. The first-order valence-electron chi connectivity index (χ1n) is 19.1. The van der Waals surface area contributed by atoms with E-state index < -0.39 is 81.7 Å². The number of phosphoric acid groups is 1. The number of hydrogen-bond donors (Lipinski definition) is 6. The summed E-state index contributed by atoms with van der Waals surface area (Å²) in [4.78, 5) is 60.6. The van der Waals surface area contributed by atoms with Crippen molar-refractivity contribution in [1.29, 1.82) is 0 Å². The lowest BCUT2D eigenvalue weighted by atomic mass is 10.1. The highest BCUT2D eigenvalue weighted by Crippen LogP contribution is 2.61. The van der Waals surface area contributed by atoms with E-state index in [-0.39, 0.29) is 45.5 Å². The molecule has 4 aromatic heterocycles. The Morgan fingerprint density at radius 3 is 2.02 bits per heavy atom. The number of nitrogens with two attached hydrogens (primary N) is 2. The van der Waals surface area contributed by atoms with Crippen LogP contribution in [0.1, 0.15) is 54.0 Å². The fraction of sp³-hybridized carbons (Fsp3) is 0.688. The molecule has 10 atom stereocenters. The number of aromatic nitrogens is 8. The summed E-state index contributed by atoms with van der Waals surface area (Å²) in [7, 11) is -5.10. The van der Waals surface area contributed by atoms with E-state index >= 15 is 4.39 Å². The van der Waals surface area contributed by atoms with Gasteiger partial charge < -0.3 is 45.6 Å². The van der Waals surface area contributed by atoms with Crippen molar-refractivity contribution in [3.8, 4) is 0 Å². The van der Waals surface area contributed by atoms with Crippen molar-refractivity contribution < 1.29 is 51.5 Å². The zero-order valence-corrected chi connectivity index (χ0v) is 36.1. The average Bonchev–Trinajstić information content (AvgIpc) is 3.96. The molecule has 3 fully saturated rings. The molecule has 3 aliphatic heterocycles. The van der Waals surface area contributed by atoms with Crippen LogP contribution in [0.5, 0.6) is 0 Å². The number of hydrogen-bond acceptors (Lipinski definition) is 19.